The van der Waals surface area contributed by atoms with Crippen LogP contribution in [0.25, 0.3) is 0 Å². The van der Waals surface area contributed by atoms with E-state index in [1.807, 2.05) is 12.1 Å². The van der Waals surface area contributed by atoms with Crippen molar-refractivity contribution >= 4 is 40.4 Å². The Kier molecular flexibility index (Phi) is 6.76. The van der Waals surface area contributed by atoms with E-state index in [1.54, 1.807) is 5.51 Å². The van der Waals surface area contributed by atoms with Crippen LogP contribution >= 0.6 is 23.1 Å². The Morgan fingerprint density at radius 2 is 1.79 bits per heavy atom. The summed E-state index contributed by atoms with van der Waals surface area (Å²) >= 11 is 2.84. The summed E-state index contributed by atoms with van der Waals surface area (Å²) in [5, 5.41) is 10.6. The molecular formula is C21H23N5OS2. The van der Waals surface area contributed by atoms with Crippen molar-refractivity contribution in [1.29, 1.82) is 0 Å². The lowest BCUT2D eigenvalue weighted by atomic mass is 10.2. The first kappa shape index (κ1) is 19.9. The Hall–Kier alpha value is -2.42. The maximum absolute atomic E-state index is 12.1. The Morgan fingerprint density at radius 1 is 1.03 bits per heavy atom. The molecule has 0 spiro atoms. The van der Waals surface area contributed by atoms with Crippen molar-refractivity contribution in [3.05, 3.63) is 65.7 Å². The van der Waals surface area contributed by atoms with Crippen molar-refractivity contribution in [3.8, 4) is 0 Å². The quantitative estimate of drug-likeness (QED) is 0.584. The lowest BCUT2D eigenvalue weighted by molar-refractivity contribution is -0.113. The molecule has 1 aliphatic heterocycles. The zero-order valence-corrected chi connectivity index (χ0v) is 17.7. The predicted molar refractivity (Wildman–Crippen MR) is 120 cm³/mol. The van der Waals surface area contributed by atoms with Gasteiger partial charge in [-0.1, -0.05) is 53.4 Å². The molecule has 150 valence electrons. The summed E-state index contributed by atoms with van der Waals surface area (Å²) in [5.41, 5.74) is 5.05. The highest BCUT2D eigenvalue weighted by Gasteiger charge is 2.17. The third kappa shape index (κ3) is 5.79. The SMILES string of the molecule is O=C(CSc1nncs1)Nc1ccc(N2CCN(Cc3ccccc3)CC2)cc1. The van der Waals surface area contributed by atoms with Crippen LogP contribution in [0.3, 0.4) is 0 Å². The molecule has 8 heteroatoms. The van der Waals surface area contributed by atoms with Gasteiger partial charge in [0.05, 0.1) is 5.75 Å². The van der Waals surface area contributed by atoms with Crippen LogP contribution in [-0.2, 0) is 11.3 Å². The summed E-state index contributed by atoms with van der Waals surface area (Å²) in [7, 11) is 0. The van der Waals surface area contributed by atoms with Crippen LogP contribution in [0, 0.1) is 0 Å². The normalized spacial score (nSPS) is 14.7. The number of carbonyl (C=O) groups excluding carboxylic acids is 1. The molecule has 4 rings (SSSR count). The predicted octanol–water partition coefficient (Wildman–Crippen LogP) is 3.59. The summed E-state index contributed by atoms with van der Waals surface area (Å²) in [6.45, 7) is 5.13. The highest BCUT2D eigenvalue weighted by molar-refractivity contribution is 8.01. The molecule has 0 atom stereocenters. The van der Waals surface area contributed by atoms with Crippen LogP contribution in [0.5, 0.6) is 0 Å². The lowest BCUT2D eigenvalue weighted by Gasteiger charge is -2.36. The molecule has 2 heterocycles. The summed E-state index contributed by atoms with van der Waals surface area (Å²) in [6.07, 6.45) is 0. The first-order chi connectivity index (χ1) is 14.3. The molecule has 3 aromatic rings. The second-order valence-electron chi connectivity index (χ2n) is 6.84. The summed E-state index contributed by atoms with van der Waals surface area (Å²) in [4.78, 5) is 17.0. The van der Waals surface area contributed by atoms with Gasteiger partial charge in [0, 0.05) is 44.1 Å². The Balaban J connectivity index is 1.23. The Labute approximate surface area is 178 Å². The van der Waals surface area contributed by atoms with Crippen LogP contribution < -0.4 is 10.2 Å². The monoisotopic (exact) mass is 425 g/mol. The molecule has 1 N–H and O–H groups in total. The number of anilines is 2. The van der Waals surface area contributed by atoms with E-state index < -0.39 is 0 Å². The zero-order valence-electron chi connectivity index (χ0n) is 16.0. The van der Waals surface area contributed by atoms with Gasteiger partial charge in [0.15, 0.2) is 4.34 Å². The number of nitrogens with one attached hydrogen (secondary N) is 1. The standard InChI is InChI=1S/C21H23N5OS2/c27-20(15-28-21-24-22-16-29-21)23-18-6-8-19(9-7-18)26-12-10-25(11-13-26)14-17-4-2-1-3-5-17/h1-9,16H,10-15H2,(H,23,27). The van der Waals surface area contributed by atoms with Gasteiger partial charge in [-0.15, -0.1) is 10.2 Å². The van der Waals surface area contributed by atoms with Gasteiger partial charge < -0.3 is 10.2 Å². The highest BCUT2D eigenvalue weighted by atomic mass is 32.2. The maximum Gasteiger partial charge on any atom is 0.234 e. The zero-order chi connectivity index (χ0) is 19.9. The molecule has 2 aromatic carbocycles. The lowest BCUT2D eigenvalue weighted by Crippen LogP contribution is -2.45. The Bertz CT molecular complexity index is 895. The van der Waals surface area contributed by atoms with Gasteiger partial charge in [0.25, 0.3) is 0 Å². The number of nitrogens with zero attached hydrogens (tertiary/aromatic N) is 4. The minimum Gasteiger partial charge on any atom is -0.369 e. The van der Waals surface area contributed by atoms with Crippen LogP contribution in [0.15, 0.2) is 64.4 Å². The van der Waals surface area contributed by atoms with Crippen molar-refractivity contribution in [2.45, 2.75) is 10.9 Å². The number of rotatable bonds is 7. The van der Waals surface area contributed by atoms with E-state index >= 15 is 0 Å². The fourth-order valence-electron chi connectivity index (χ4n) is 3.31. The highest BCUT2D eigenvalue weighted by Crippen LogP contribution is 2.22. The van der Waals surface area contributed by atoms with Gasteiger partial charge in [-0.25, -0.2) is 0 Å². The minimum absolute atomic E-state index is 0.0347. The second kappa shape index (κ2) is 9.87. The Morgan fingerprint density at radius 3 is 2.48 bits per heavy atom. The molecule has 0 radical (unpaired) electrons. The van der Waals surface area contributed by atoms with E-state index in [9.17, 15) is 4.79 Å². The first-order valence-electron chi connectivity index (χ1n) is 9.56. The molecule has 6 nitrogen and oxygen atoms in total. The first-order valence-corrected chi connectivity index (χ1v) is 11.4. The molecule has 1 fully saturated rings. The van der Waals surface area contributed by atoms with Crippen molar-refractivity contribution < 1.29 is 4.79 Å². The van der Waals surface area contributed by atoms with Gasteiger partial charge in [-0.05, 0) is 29.8 Å². The number of aromatic nitrogens is 2. The molecule has 1 amide bonds. The van der Waals surface area contributed by atoms with E-state index in [4.69, 9.17) is 0 Å². The topological polar surface area (TPSA) is 61.4 Å². The average Bonchev–Trinajstić information content (AvgIpc) is 3.28. The maximum atomic E-state index is 12.1. The van der Waals surface area contributed by atoms with Gasteiger partial charge in [0.1, 0.15) is 5.51 Å². The van der Waals surface area contributed by atoms with Crippen molar-refractivity contribution in [2.24, 2.45) is 0 Å². The number of carbonyl (C=O) groups is 1. The number of amides is 1. The molecular weight excluding hydrogens is 402 g/mol. The van der Waals surface area contributed by atoms with Gasteiger partial charge in [-0.2, -0.15) is 0 Å². The summed E-state index contributed by atoms with van der Waals surface area (Å²) in [5.74, 6) is 0.299. The molecule has 29 heavy (non-hydrogen) atoms. The molecule has 1 aliphatic rings. The number of piperazine rings is 1. The van der Waals surface area contributed by atoms with Crippen molar-refractivity contribution in [3.63, 3.8) is 0 Å². The minimum atomic E-state index is -0.0347. The number of benzene rings is 2. The third-order valence-electron chi connectivity index (χ3n) is 4.80. The smallest absolute Gasteiger partial charge is 0.234 e. The van der Waals surface area contributed by atoms with Crippen LogP contribution in [-0.4, -0.2) is 52.9 Å². The van der Waals surface area contributed by atoms with Crippen LogP contribution in [0.2, 0.25) is 0 Å². The van der Waals surface area contributed by atoms with Crippen LogP contribution in [0.4, 0.5) is 11.4 Å². The van der Waals surface area contributed by atoms with Crippen molar-refractivity contribution in [1.82, 2.24) is 15.1 Å². The van der Waals surface area contributed by atoms with Gasteiger partial charge in [-0.3, -0.25) is 9.69 Å². The van der Waals surface area contributed by atoms with E-state index in [0.29, 0.717) is 5.75 Å². The number of hydrogen-bond acceptors (Lipinski definition) is 7. The van der Waals surface area contributed by atoms with E-state index in [0.717, 1.165) is 42.8 Å². The third-order valence-corrected chi connectivity index (χ3v) is 6.66. The van der Waals surface area contributed by atoms with E-state index in [1.165, 1.54) is 34.3 Å². The summed E-state index contributed by atoms with van der Waals surface area (Å²) in [6, 6.07) is 18.7. The second-order valence-corrected chi connectivity index (χ2v) is 8.89. The fourth-order valence-corrected chi connectivity index (χ4v) is 4.60. The number of thioether (sulfide) groups is 1. The molecule has 0 unspecified atom stereocenters. The molecule has 1 saturated heterocycles. The molecule has 1 aromatic heterocycles. The molecule has 0 saturated carbocycles. The average molecular weight is 426 g/mol. The molecule has 0 bridgehead atoms. The number of hydrogen-bond donors (Lipinski definition) is 1. The van der Waals surface area contributed by atoms with Gasteiger partial charge >= 0.3 is 0 Å². The fraction of sp³-hybridized carbons (Fsp3) is 0.286. The summed E-state index contributed by atoms with van der Waals surface area (Å²) < 4.78 is 0.807. The largest absolute Gasteiger partial charge is 0.369 e. The molecule has 0 aliphatic carbocycles. The van der Waals surface area contributed by atoms with Gasteiger partial charge in [0.2, 0.25) is 5.91 Å². The van der Waals surface area contributed by atoms with Crippen molar-refractivity contribution in [2.75, 3.05) is 42.1 Å². The van der Waals surface area contributed by atoms with E-state index in [2.05, 4.69) is 67.8 Å². The van der Waals surface area contributed by atoms with Crippen LogP contribution in [0.1, 0.15) is 5.56 Å². The van der Waals surface area contributed by atoms with E-state index in [-0.39, 0.29) is 5.91 Å².